The number of hydrogen-bond acceptors (Lipinski definition) is 5. The Labute approximate surface area is 147 Å². The van der Waals surface area contributed by atoms with Crippen molar-refractivity contribution in [1.82, 2.24) is 14.9 Å². The molecule has 0 radical (unpaired) electrons. The number of ether oxygens (including phenoxy) is 1. The summed E-state index contributed by atoms with van der Waals surface area (Å²) in [5.41, 5.74) is 1.53. The molecule has 0 amide bonds. The monoisotopic (exact) mass is 359 g/mol. The number of rotatable bonds is 6. The number of likely N-dealkylation sites (N-methyl/N-ethyl adjacent to an activating group) is 1. The van der Waals surface area contributed by atoms with Crippen molar-refractivity contribution in [2.24, 2.45) is 0 Å². The lowest BCUT2D eigenvalue weighted by atomic mass is 10.1. The number of sulfone groups is 1. The molecule has 2 heterocycles. The van der Waals surface area contributed by atoms with Gasteiger partial charge in [0.25, 0.3) is 0 Å². The summed E-state index contributed by atoms with van der Waals surface area (Å²) >= 11 is 0. The first-order chi connectivity index (χ1) is 11.9. The fraction of sp³-hybridized carbons (Fsp3) is 0.278. The number of methoxy groups -OCH3 is 1. The van der Waals surface area contributed by atoms with Gasteiger partial charge in [0.1, 0.15) is 11.4 Å². The summed E-state index contributed by atoms with van der Waals surface area (Å²) < 4.78 is 31.4. The van der Waals surface area contributed by atoms with Gasteiger partial charge in [0.2, 0.25) is 9.84 Å². The van der Waals surface area contributed by atoms with E-state index < -0.39 is 9.84 Å². The molecule has 0 spiro atoms. The van der Waals surface area contributed by atoms with E-state index >= 15 is 0 Å². The highest BCUT2D eigenvalue weighted by atomic mass is 32.2. The van der Waals surface area contributed by atoms with Crippen molar-refractivity contribution < 1.29 is 13.2 Å². The van der Waals surface area contributed by atoms with Crippen LogP contribution in [-0.4, -0.2) is 51.0 Å². The Morgan fingerprint density at radius 3 is 2.52 bits per heavy atom. The lowest BCUT2D eigenvalue weighted by molar-refractivity contribution is 0.414. The molecule has 0 aliphatic carbocycles. The Bertz CT molecular complexity index is 976. The highest BCUT2D eigenvalue weighted by Gasteiger charge is 2.23. The molecule has 0 saturated carbocycles. The minimum Gasteiger partial charge on any atom is -0.497 e. The van der Waals surface area contributed by atoms with Crippen LogP contribution in [0.4, 0.5) is 0 Å². The Kier molecular flexibility index (Phi) is 4.78. The number of aromatic amines is 1. The topological polar surface area (TPSA) is 75.3 Å². The zero-order valence-electron chi connectivity index (χ0n) is 14.5. The number of hydrogen-bond donors (Lipinski definition) is 1. The second-order valence-corrected chi connectivity index (χ2v) is 8.00. The third-order valence-electron chi connectivity index (χ3n) is 4.10. The third kappa shape index (κ3) is 3.38. The fourth-order valence-electron chi connectivity index (χ4n) is 2.74. The largest absolute Gasteiger partial charge is 0.497 e. The minimum atomic E-state index is -3.65. The molecule has 3 rings (SSSR count). The van der Waals surface area contributed by atoms with Crippen molar-refractivity contribution >= 4 is 20.9 Å². The molecule has 0 fully saturated rings. The fourth-order valence-corrected chi connectivity index (χ4v) is 4.22. The van der Waals surface area contributed by atoms with Gasteiger partial charge in [-0.1, -0.05) is 0 Å². The van der Waals surface area contributed by atoms with Crippen LogP contribution in [0.2, 0.25) is 0 Å². The number of benzene rings is 1. The van der Waals surface area contributed by atoms with Crippen LogP contribution in [0.25, 0.3) is 11.0 Å². The average molecular weight is 359 g/mol. The van der Waals surface area contributed by atoms with Crippen molar-refractivity contribution in [2.75, 3.05) is 27.7 Å². The first-order valence-corrected chi connectivity index (χ1v) is 9.40. The molecule has 3 aromatic rings. The van der Waals surface area contributed by atoms with Gasteiger partial charge in [-0.25, -0.2) is 13.4 Å². The lowest BCUT2D eigenvalue weighted by Crippen LogP contribution is -2.15. The first kappa shape index (κ1) is 17.4. The quantitative estimate of drug-likeness (QED) is 0.732. The normalized spacial score (nSPS) is 12.0. The van der Waals surface area contributed by atoms with E-state index in [1.807, 2.05) is 20.3 Å². The molecular formula is C18H21N3O3S. The first-order valence-electron chi connectivity index (χ1n) is 7.92. The summed E-state index contributed by atoms with van der Waals surface area (Å²) in [4.78, 5) is 9.93. The van der Waals surface area contributed by atoms with Crippen molar-refractivity contribution in [1.29, 1.82) is 0 Å². The number of nitrogens with zero attached hydrogens (tertiary/aromatic N) is 2. The smallest absolute Gasteiger partial charge is 0.207 e. The number of aromatic nitrogens is 2. The minimum absolute atomic E-state index is 0.237. The third-order valence-corrected chi connectivity index (χ3v) is 5.92. The van der Waals surface area contributed by atoms with E-state index in [-0.39, 0.29) is 9.79 Å². The second kappa shape index (κ2) is 6.85. The van der Waals surface area contributed by atoms with Gasteiger partial charge in [0.05, 0.1) is 16.9 Å². The summed E-state index contributed by atoms with van der Waals surface area (Å²) in [7, 11) is 1.87. The predicted octanol–water partition coefficient (Wildman–Crippen LogP) is 2.51. The summed E-state index contributed by atoms with van der Waals surface area (Å²) in [5, 5.41) is 0.667. The van der Waals surface area contributed by atoms with Crippen LogP contribution >= 0.6 is 0 Å². The van der Waals surface area contributed by atoms with Crippen LogP contribution in [-0.2, 0) is 16.3 Å². The summed E-state index contributed by atoms with van der Waals surface area (Å²) in [6, 6.07) is 7.98. The number of nitrogens with one attached hydrogen (secondary N) is 1. The summed E-state index contributed by atoms with van der Waals surface area (Å²) in [5.74, 6) is 0.618. The molecular weight excluding hydrogens is 338 g/mol. The van der Waals surface area contributed by atoms with Gasteiger partial charge in [0.15, 0.2) is 0 Å². The number of pyridine rings is 1. The zero-order valence-corrected chi connectivity index (χ0v) is 15.3. The van der Waals surface area contributed by atoms with Crippen LogP contribution in [0.5, 0.6) is 5.75 Å². The lowest BCUT2D eigenvalue weighted by Gasteiger charge is -2.11. The van der Waals surface area contributed by atoms with Gasteiger partial charge in [-0.3, -0.25) is 0 Å². The van der Waals surface area contributed by atoms with Gasteiger partial charge in [-0.05, 0) is 56.4 Å². The van der Waals surface area contributed by atoms with Crippen molar-refractivity contribution in [2.45, 2.75) is 16.2 Å². The van der Waals surface area contributed by atoms with Crippen molar-refractivity contribution in [3.63, 3.8) is 0 Å². The van der Waals surface area contributed by atoms with Gasteiger partial charge in [0, 0.05) is 24.3 Å². The molecule has 0 atom stereocenters. The van der Waals surface area contributed by atoms with Gasteiger partial charge in [-0.2, -0.15) is 0 Å². The molecule has 1 aromatic carbocycles. The summed E-state index contributed by atoms with van der Waals surface area (Å²) in [6.45, 7) is 0.823. The Morgan fingerprint density at radius 1 is 1.16 bits per heavy atom. The highest BCUT2D eigenvalue weighted by Crippen LogP contribution is 2.30. The Morgan fingerprint density at radius 2 is 1.88 bits per heavy atom. The molecule has 132 valence electrons. The molecule has 0 aliphatic rings. The van der Waals surface area contributed by atoms with E-state index in [0.717, 1.165) is 18.5 Å². The van der Waals surface area contributed by atoms with Gasteiger partial charge >= 0.3 is 0 Å². The standard InChI is InChI=1S/C18H21N3O3S/c1-21(2)11-9-13-12-20-18-17(13)16(8-10-19-18)25(22,23)15-6-4-14(24-3)5-7-15/h4-8,10,12H,9,11H2,1-3H3,(H,19,20). The Hall–Kier alpha value is -2.38. The van der Waals surface area contributed by atoms with E-state index in [0.29, 0.717) is 16.8 Å². The van der Waals surface area contributed by atoms with Crippen LogP contribution in [0.1, 0.15) is 5.56 Å². The SMILES string of the molecule is COc1ccc(S(=O)(=O)c2ccnc3[nH]cc(CCN(C)C)c23)cc1. The molecule has 0 bridgehead atoms. The number of fused-ring (bicyclic) bond motifs is 1. The summed E-state index contributed by atoms with van der Waals surface area (Å²) in [6.07, 6.45) is 4.10. The number of H-pyrrole nitrogens is 1. The predicted molar refractivity (Wildman–Crippen MR) is 96.8 cm³/mol. The zero-order chi connectivity index (χ0) is 18.0. The highest BCUT2D eigenvalue weighted by molar-refractivity contribution is 7.91. The van der Waals surface area contributed by atoms with E-state index in [9.17, 15) is 8.42 Å². The van der Waals surface area contributed by atoms with Gasteiger partial charge < -0.3 is 14.6 Å². The maximum absolute atomic E-state index is 13.1. The van der Waals surface area contributed by atoms with E-state index in [1.165, 1.54) is 6.20 Å². The maximum Gasteiger partial charge on any atom is 0.207 e. The maximum atomic E-state index is 13.1. The van der Waals surface area contributed by atoms with E-state index in [2.05, 4.69) is 14.9 Å². The molecule has 0 unspecified atom stereocenters. The van der Waals surface area contributed by atoms with Crippen molar-refractivity contribution in [3.8, 4) is 5.75 Å². The molecule has 1 N–H and O–H groups in total. The van der Waals surface area contributed by atoms with Crippen LogP contribution in [0.3, 0.4) is 0 Å². The molecule has 2 aromatic heterocycles. The van der Waals surface area contributed by atoms with Crippen LogP contribution < -0.4 is 4.74 Å². The average Bonchev–Trinajstić information content (AvgIpc) is 3.03. The van der Waals surface area contributed by atoms with E-state index in [4.69, 9.17) is 4.74 Å². The van der Waals surface area contributed by atoms with Crippen LogP contribution in [0.15, 0.2) is 52.5 Å². The molecule has 0 aliphatic heterocycles. The van der Waals surface area contributed by atoms with Crippen molar-refractivity contribution in [3.05, 3.63) is 48.3 Å². The molecule has 0 saturated heterocycles. The Balaban J connectivity index is 2.11. The molecule has 25 heavy (non-hydrogen) atoms. The second-order valence-electron chi connectivity index (χ2n) is 6.08. The molecule has 6 nitrogen and oxygen atoms in total. The van der Waals surface area contributed by atoms with E-state index in [1.54, 1.807) is 37.4 Å². The van der Waals surface area contributed by atoms with Crippen LogP contribution in [0, 0.1) is 0 Å². The van der Waals surface area contributed by atoms with Gasteiger partial charge in [-0.15, -0.1) is 0 Å². The molecule has 7 heteroatoms.